The molecule has 0 aliphatic heterocycles. The van der Waals surface area contributed by atoms with Gasteiger partial charge in [-0.3, -0.25) is 0 Å². The highest BCUT2D eigenvalue weighted by atomic mass is 15.1. The van der Waals surface area contributed by atoms with E-state index in [2.05, 4.69) is 126 Å². The molecule has 0 heterocycles. The molecule has 0 aliphatic rings. The maximum absolute atomic E-state index is 3.93. The molecule has 3 aromatic carbocycles. The van der Waals surface area contributed by atoms with Crippen molar-refractivity contribution in [2.75, 3.05) is 4.90 Å². The average Bonchev–Trinajstić information content (AvgIpc) is 2.95. The Morgan fingerprint density at radius 1 is 0.595 bits per heavy atom. The Balaban J connectivity index is 2.01. The smallest absolute Gasteiger partial charge is 0.0462 e. The molecule has 0 aromatic heterocycles. The molecule has 0 N–H and O–H groups in total. The highest BCUT2D eigenvalue weighted by Gasteiger charge is 2.26. The molecule has 37 heavy (non-hydrogen) atoms. The summed E-state index contributed by atoms with van der Waals surface area (Å²) in [7, 11) is 0. The molecule has 198 valence electrons. The van der Waals surface area contributed by atoms with Gasteiger partial charge >= 0.3 is 0 Å². The first kappa shape index (κ1) is 28.8. The lowest BCUT2D eigenvalue weighted by Gasteiger charge is -2.32. The van der Waals surface area contributed by atoms with E-state index in [9.17, 15) is 0 Å². The van der Waals surface area contributed by atoms with E-state index in [1.54, 1.807) is 0 Å². The summed E-state index contributed by atoms with van der Waals surface area (Å²) in [4.78, 5) is 2.38. The summed E-state index contributed by atoms with van der Waals surface area (Å²) in [6.07, 6.45) is 11.7. The fourth-order valence-corrected chi connectivity index (χ4v) is 5.42. The molecule has 0 aliphatic carbocycles. The zero-order valence-electron chi connectivity index (χ0n) is 24.3. The van der Waals surface area contributed by atoms with E-state index >= 15 is 0 Å². The van der Waals surface area contributed by atoms with Gasteiger partial charge in [0.2, 0.25) is 0 Å². The van der Waals surface area contributed by atoms with E-state index in [0.717, 1.165) is 18.4 Å². The quantitative estimate of drug-likeness (QED) is 0.215. The van der Waals surface area contributed by atoms with E-state index in [1.807, 2.05) is 6.08 Å². The van der Waals surface area contributed by atoms with Gasteiger partial charge in [-0.15, -0.1) is 0 Å². The van der Waals surface area contributed by atoms with E-state index in [0.29, 0.717) is 0 Å². The molecule has 0 amide bonds. The maximum atomic E-state index is 3.93. The first-order valence-electron chi connectivity index (χ1n) is 14.6. The summed E-state index contributed by atoms with van der Waals surface area (Å²) >= 11 is 0. The van der Waals surface area contributed by atoms with Gasteiger partial charge in [0, 0.05) is 17.1 Å². The molecule has 0 saturated heterocycles. The summed E-state index contributed by atoms with van der Waals surface area (Å²) in [5.74, 6) is 0. The molecule has 0 fully saturated rings. The number of nitrogens with zero attached hydrogens (tertiary/aromatic N) is 1. The summed E-state index contributed by atoms with van der Waals surface area (Å²) in [5.41, 5.74) is 8.05. The van der Waals surface area contributed by atoms with Crippen molar-refractivity contribution >= 4 is 23.1 Å². The van der Waals surface area contributed by atoms with Gasteiger partial charge in [-0.05, 0) is 89.6 Å². The van der Waals surface area contributed by atoms with Crippen LogP contribution in [0.4, 0.5) is 17.1 Å². The maximum Gasteiger partial charge on any atom is 0.0462 e. The number of hydrogen-bond donors (Lipinski definition) is 0. The first-order valence-corrected chi connectivity index (χ1v) is 14.6. The van der Waals surface area contributed by atoms with Gasteiger partial charge in [0.05, 0.1) is 0 Å². The van der Waals surface area contributed by atoms with Crippen LogP contribution in [0.1, 0.15) is 110 Å². The van der Waals surface area contributed by atoms with Gasteiger partial charge in [0.15, 0.2) is 0 Å². The van der Waals surface area contributed by atoms with Gasteiger partial charge in [0.25, 0.3) is 0 Å². The van der Waals surface area contributed by atoms with Crippen molar-refractivity contribution in [3.63, 3.8) is 0 Å². The lowest BCUT2D eigenvalue weighted by molar-refractivity contribution is 0.403. The third-order valence-corrected chi connectivity index (χ3v) is 8.76. The van der Waals surface area contributed by atoms with Crippen LogP contribution >= 0.6 is 0 Å². The van der Waals surface area contributed by atoms with Crippen molar-refractivity contribution in [2.24, 2.45) is 0 Å². The number of anilines is 3. The fourth-order valence-electron chi connectivity index (χ4n) is 5.42. The van der Waals surface area contributed by atoms with Crippen molar-refractivity contribution in [1.29, 1.82) is 0 Å². The van der Waals surface area contributed by atoms with Crippen molar-refractivity contribution in [2.45, 2.75) is 104 Å². The number of benzene rings is 3. The van der Waals surface area contributed by atoms with Crippen LogP contribution in [0.15, 0.2) is 79.4 Å². The van der Waals surface area contributed by atoms with Crippen molar-refractivity contribution < 1.29 is 0 Å². The second-order valence-electron chi connectivity index (χ2n) is 11.3. The van der Waals surface area contributed by atoms with Gasteiger partial charge in [0.1, 0.15) is 0 Å². The molecule has 3 aromatic rings. The predicted octanol–water partition coefficient (Wildman–Crippen LogP) is 11.5. The van der Waals surface area contributed by atoms with Crippen molar-refractivity contribution in [1.82, 2.24) is 0 Å². The Morgan fingerprint density at radius 2 is 0.946 bits per heavy atom. The second kappa shape index (κ2) is 13.1. The van der Waals surface area contributed by atoms with Crippen LogP contribution in [0.2, 0.25) is 0 Å². The zero-order valence-corrected chi connectivity index (χ0v) is 24.3. The van der Waals surface area contributed by atoms with Crippen molar-refractivity contribution in [3.05, 3.63) is 96.1 Å². The van der Waals surface area contributed by atoms with Gasteiger partial charge in [-0.2, -0.15) is 0 Å². The predicted molar refractivity (Wildman–Crippen MR) is 166 cm³/mol. The summed E-state index contributed by atoms with van der Waals surface area (Å²) < 4.78 is 0. The Kier molecular flexibility index (Phi) is 10.2. The summed E-state index contributed by atoms with van der Waals surface area (Å²) in [5, 5.41) is 0. The first-order chi connectivity index (χ1) is 17.8. The molecular weight excluding hydrogens is 446 g/mol. The second-order valence-corrected chi connectivity index (χ2v) is 11.3. The lowest BCUT2D eigenvalue weighted by Crippen LogP contribution is -2.21. The van der Waals surface area contributed by atoms with Gasteiger partial charge in [-0.25, -0.2) is 0 Å². The highest BCUT2D eigenvalue weighted by Crippen LogP contribution is 2.40. The Morgan fingerprint density at radius 3 is 1.24 bits per heavy atom. The minimum Gasteiger partial charge on any atom is -0.311 e. The van der Waals surface area contributed by atoms with Crippen LogP contribution in [-0.4, -0.2) is 0 Å². The highest BCUT2D eigenvalue weighted by molar-refractivity contribution is 5.77. The number of unbranched alkanes of at least 4 members (excludes halogenated alkanes) is 2. The van der Waals surface area contributed by atoms with Crippen LogP contribution < -0.4 is 4.90 Å². The third kappa shape index (κ3) is 6.75. The topological polar surface area (TPSA) is 3.24 Å². The average molecular weight is 496 g/mol. The molecule has 1 heteroatoms. The fraction of sp³-hybridized carbons (Fsp3) is 0.444. The van der Waals surface area contributed by atoms with E-state index in [1.165, 1.54) is 66.7 Å². The van der Waals surface area contributed by atoms with E-state index in [-0.39, 0.29) is 10.8 Å². The van der Waals surface area contributed by atoms with E-state index < -0.39 is 0 Å². The van der Waals surface area contributed by atoms with Gasteiger partial charge < -0.3 is 4.90 Å². The molecule has 0 radical (unpaired) electrons. The Labute approximate surface area is 227 Å². The molecular formula is C36H49N. The SMILES string of the molecule is C=Cc1ccc(N(c2ccc(C(C)(CC)CCCC)cc2)c2ccc(C(C)(CC)CCCC)cc2)cc1. The minimum atomic E-state index is 0.232. The summed E-state index contributed by atoms with van der Waals surface area (Å²) in [6.45, 7) is 18.0. The molecule has 2 atom stereocenters. The molecule has 0 saturated carbocycles. The number of hydrogen-bond acceptors (Lipinski definition) is 1. The molecule has 0 spiro atoms. The Bertz CT molecular complexity index is 1030. The Hall–Kier alpha value is -2.80. The molecule has 3 rings (SSSR count). The monoisotopic (exact) mass is 495 g/mol. The zero-order chi connectivity index (χ0) is 26.9. The number of rotatable bonds is 14. The van der Waals surface area contributed by atoms with Crippen LogP contribution in [0.25, 0.3) is 6.08 Å². The largest absolute Gasteiger partial charge is 0.311 e. The molecule has 0 bridgehead atoms. The van der Waals surface area contributed by atoms with Gasteiger partial charge in [-0.1, -0.05) is 116 Å². The minimum absolute atomic E-state index is 0.232. The van der Waals surface area contributed by atoms with Crippen LogP contribution in [-0.2, 0) is 10.8 Å². The molecule has 1 nitrogen and oxygen atoms in total. The summed E-state index contributed by atoms with van der Waals surface area (Å²) in [6, 6.07) is 27.3. The van der Waals surface area contributed by atoms with Crippen LogP contribution in [0, 0.1) is 0 Å². The lowest BCUT2D eigenvalue weighted by atomic mass is 9.76. The van der Waals surface area contributed by atoms with Crippen LogP contribution in [0.3, 0.4) is 0 Å². The standard InChI is InChI=1S/C36H49N/c1-8-13-27-35(6,11-4)30-17-23-33(24-18-30)37(32-21-15-29(10-3)16-22-32)34-25-19-31(20-26-34)36(7,12-5)28-14-9-2/h10,15-26H,3,8-9,11-14,27-28H2,1-2,4-7H3. The van der Waals surface area contributed by atoms with Crippen LogP contribution in [0.5, 0.6) is 0 Å². The van der Waals surface area contributed by atoms with E-state index in [4.69, 9.17) is 0 Å². The molecule has 2 unspecified atom stereocenters. The van der Waals surface area contributed by atoms with Crippen molar-refractivity contribution in [3.8, 4) is 0 Å². The third-order valence-electron chi connectivity index (χ3n) is 8.76. The normalized spacial score (nSPS) is 14.5.